The summed E-state index contributed by atoms with van der Waals surface area (Å²) in [6, 6.07) is 31.4. The number of nitrogens with one attached hydrogen (secondary N) is 1. The first kappa shape index (κ1) is 22.1. The molecular formula is C30H22N2O3S. The van der Waals surface area contributed by atoms with Crippen LogP contribution in [0.1, 0.15) is 5.56 Å². The summed E-state index contributed by atoms with van der Waals surface area (Å²) >= 11 is 0. The van der Waals surface area contributed by atoms with Gasteiger partial charge in [-0.05, 0) is 53.1 Å². The molecule has 0 spiro atoms. The number of pyridine rings is 1. The third-order valence-electron chi connectivity index (χ3n) is 6.39. The van der Waals surface area contributed by atoms with Crippen molar-refractivity contribution in [2.24, 2.45) is 0 Å². The maximum Gasteiger partial charge on any atom is 0.182 e. The molecule has 0 aliphatic rings. The van der Waals surface area contributed by atoms with Crippen LogP contribution in [0.15, 0.2) is 114 Å². The zero-order valence-corrected chi connectivity index (χ0v) is 20.0. The van der Waals surface area contributed by atoms with E-state index in [0.717, 1.165) is 44.2 Å². The predicted octanol–water partition coefficient (Wildman–Crippen LogP) is 6.73. The summed E-state index contributed by atoms with van der Waals surface area (Å²) in [5.74, 6) is 0.108. The third kappa shape index (κ3) is 3.91. The maximum absolute atomic E-state index is 13.1. The molecule has 0 aliphatic carbocycles. The van der Waals surface area contributed by atoms with Crippen LogP contribution in [-0.2, 0) is 15.6 Å². The molecule has 0 saturated heterocycles. The highest BCUT2D eigenvalue weighted by Crippen LogP contribution is 2.41. The van der Waals surface area contributed by atoms with Gasteiger partial charge in [0.1, 0.15) is 11.4 Å². The Morgan fingerprint density at radius 3 is 2.19 bits per heavy atom. The average Bonchev–Trinajstić information content (AvgIpc) is 3.27. The van der Waals surface area contributed by atoms with Crippen molar-refractivity contribution in [3.8, 4) is 28.0 Å². The quantitative estimate of drug-likeness (QED) is 0.281. The van der Waals surface area contributed by atoms with Gasteiger partial charge < -0.3 is 10.1 Å². The second kappa shape index (κ2) is 8.66. The smallest absolute Gasteiger partial charge is 0.182 e. The van der Waals surface area contributed by atoms with Crippen LogP contribution >= 0.6 is 0 Å². The van der Waals surface area contributed by atoms with Crippen molar-refractivity contribution in [1.82, 2.24) is 9.97 Å². The Labute approximate surface area is 208 Å². The number of aromatic hydroxyl groups is 1. The van der Waals surface area contributed by atoms with Gasteiger partial charge in [-0.15, -0.1) is 0 Å². The van der Waals surface area contributed by atoms with Gasteiger partial charge in [0.05, 0.1) is 10.6 Å². The lowest BCUT2D eigenvalue weighted by Crippen LogP contribution is -2.04. The van der Waals surface area contributed by atoms with Crippen LogP contribution in [0, 0.1) is 0 Å². The molecule has 0 bridgehead atoms. The lowest BCUT2D eigenvalue weighted by atomic mass is 9.92. The van der Waals surface area contributed by atoms with Crippen LogP contribution in [0.4, 0.5) is 0 Å². The van der Waals surface area contributed by atoms with Crippen molar-refractivity contribution in [3.63, 3.8) is 0 Å². The molecule has 6 rings (SSSR count). The van der Waals surface area contributed by atoms with E-state index in [2.05, 4.69) is 17.1 Å². The molecule has 6 aromatic rings. The monoisotopic (exact) mass is 490 g/mol. The molecule has 0 saturated carbocycles. The number of aromatic nitrogens is 2. The summed E-state index contributed by atoms with van der Waals surface area (Å²) in [6.45, 7) is 0. The molecule has 6 heteroatoms. The van der Waals surface area contributed by atoms with E-state index in [1.54, 1.807) is 42.5 Å². The van der Waals surface area contributed by atoms with E-state index < -0.39 is 9.84 Å². The Hall–Kier alpha value is -4.42. The zero-order chi connectivity index (χ0) is 24.7. The van der Waals surface area contributed by atoms with Crippen molar-refractivity contribution in [2.75, 3.05) is 0 Å². The zero-order valence-electron chi connectivity index (χ0n) is 19.2. The molecule has 0 unspecified atom stereocenters. The van der Waals surface area contributed by atoms with Crippen molar-refractivity contribution < 1.29 is 13.5 Å². The second-order valence-electron chi connectivity index (χ2n) is 8.76. The molecule has 2 aromatic heterocycles. The molecule has 2 heterocycles. The number of nitrogens with zero attached hydrogens (tertiary/aromatic N) is 1. The minimum Gasteiger partial charge on any atom is -0.508 e. The Bertz CT molecular complexity index is 1810. The largest absolute Gasteiger partial charge is 0.508 e. The van der Waals surface area contributed by atoms with Crippen LogP contribution in [0.2, 0.25) is 0 Å². The summed E-state index contributed by atoms with van der Waals surface area (Å²) in [7, 11) is -3.49. The van der Waals surface area contributed by atoms with E-state index in [1.807, 2.05) is 54.7 Å². The number of hydrogen-bond donors (Lipinski definition) is 2. The second-order valence-corrected chi connectivity index (χ2v) is 10.8. The van der Waals surface area contributed by atoms with Crippen LogP contribution in [0.5, 0.6) is 5.75 Å². The molecule has 176 valence electrons. The number of rotatable bonds is 5. The van der Waals surface area contributed by atoms with E-state index in [-0.39, 0.29) is 11.5 Å². The molecule has 0 fully saturated rings. The van der Waals surface area contributed by atoms with Gasteiger partial charge in [-0.25, -0.2) is 13.4 Å². The van der Waals surface area contributed by atoms with Gasteiger partial charge in [-0.1, -0.05) is 66.7 Å². The Kier molecular flexibility index (Phi) is 5.31. The number of fused-ring (bicyclic) bond motifs is 3. The van der Waals surface area contributed by atoms with Crippen LogP contribution in [-0.4, -0.2) is 23.5 Å². The van der Waals surface area contributed by atoms with Gasteiger partial charge in [0.25, 0.3) is 0 Å². The Morgan fingerprint density at radius 1 is 0.778 bits per heavy atom. The third-order valence-corrected chi connectivity index (χ3v) is 8.09. The van der Waals surface area contributed by atoms with Crippen molar-refractivity contribution in [3.05, 3.63) is 115 Å². The summed E-state index contributed by atoms with van der Waals surface area (Å²) in [6.07, 6.45) is 1.84. The van der Waals surface area contributed by atoms with E-state index in [9.17, 15) is 13.5 Å². The molecule has 2 N–H and O–H groups in total. The van der Waals surface area contributed by atoms with E-state index in [0.29, 0.717) is 10.5 Å². The van der Waals surface area contributed by atoms with Crippen LogP contribution in [0.25, 0.3) is 44.2 Å². The number of phenols is 1. The van der Waals surface area contributed by atoms with E-state index in [4.69, 9.17) is 4.98 Å². The fourth-order valence-electron chi connectivity index (χ4n) is 4.69. The van der Waals surface area contributed by atoms with Gasteiger partial charge in [-0.2, -0.15) is 0 Å². The van der Waals surface area contributed by atoms with Crippen LogP contribution in [0.3, 0.4) is 0 Å². The van der Waals surface area contributed by atoms with E-state index in [1.165, 1.54) is 0 Å². The molecule has 36 heavy (non-hydrogen) atoms. The van der Waals surface area contributed by atoms with Crippen LogP contribution < -0.4 is 0 Å². The Morgan fingerprint density at radius 2 is 1.47 bits per heavy atom. The van der Waals surface area contributed by atoms with Crippen molar-refractivity contribution in [2.45, 2.75) is 10.6 Å². The molecule has 0 aliphatic heterocycles. The average molecular weight is 491 g/mol. The molecule has 5 nitrogen and oxygen atoms in total. The predicted molar refractivity (Wildman–Crippen MR) is 143 cm³/mol. The van der Waals surface area contributed by atoms with Gasteiger partial charge in [0, 0.05) is 33.6 Å². The van der Waals surface area contributed by atoms with Gasteiger partial charge in [-0.3, -0.25) is 0 Å². The highest BCUT2D eigenvalue weighted by molar-refractivity contribution is 7.90. The molecule has 0 atom stereocenters. The highest BCUT2D eigenvalue weighted by atomic mass is 32.2. The minimum atomic E-state index is -3.49. The summed E-state index contributed by atoms with van der Waals surface area (Å²) in [5, 5.41) is 11.7. The van der Waals surface area contributed by atoms with E-state index >= 15 is 0 Å². The van der Waals surface area contributed by atoms with Gasteiger partial charge in [0.15, 0.2) is 9.84 Å². The normalized spacial score (nSPS) is 11.8. The number of benzene rings is 4. The highest BCUT2D eigenvalue weighted by Gasteiger charge is 2.19. The maximum atomic E-state index is 13.1. The topological polar surface area (TPSA) is 83.0 Å². The molecule has 0 radical (unpaired) electrons. The lowest BCUT2D eigenvalue weighted by Gasteiger charge is -2.12. The first-order chi connectivity index (χ1) is 17.5. The molecule has 4 aromatic carbocycles. The summed E-state index contributed by atoms with van der Waals surface area (Å²) in [5.41, 5.74) is 6.21. The first-order valence-corrected chi connectivity index (χ1v) is 13.2. The molecule has 0 amide bonds. The SMILES string of the molecule is O=S(=O)(Cc1ccc2[nH]c3ncc(-c4ccc(O)cc4)c(-c4ccccc4)c3c2c1)c1ccccc1. The first-order valence-electron chi connectivity index (χ1n) is 11.6. The number of sulfone groups is 1. The van der Waals surface area contributed by atoms with Gasteiger partial charge >= 0.3 is 0 Å². The number of phenolic OH excluding ortho intramolecular Hbond substituents is 1. The standard InChI is InChI=1S/C30H22N2O3S/c33-23-14-12-21(13-15-23)26-18-31-30-29(28(26)22-7-3-1-4-8-22)25-17-20(11-16-27(25)32-30)19-36(34,35)24-9-5-2-6-10-24/h1-18,33H,19H2,(H,31,32). The lowest BCUT2D eigenvalue weighted by molar-refractivity contribution is 0.475. The van der Waals surface area contributed by atoms with Crippen molar-refractivity contribution >= 4 is 31.8 Å². The molecular weight excluding hydrogens is 468 g/mol. The number of hydrogen-bond acceptors (Lipinski definition) is 4. The number of H-pyrrole nitrogens is 1. The Balaban J connectivity index is 1.58. The number of aromatic amines is 1. The van der Waals surface area contributed by atoms with Crippen molar-refractivity contribution in [1.29, 1.82) is 0 Å². The fourth-order valence-corrected chi connectivity index (χ4v) is 6.04. The minimum absolute atomic E-state index is 0.0919. The summed E-state index contributed by atoms with van der Waals surface area (Å²) < 4.78 is 26.1. The fraction of sp³-hybridized carbons (Fsp3) is 0.0333. The van der Waals surface area contributed by atoms with Gasteiger partial charge in [0.2, 0.25) is 0 Å². The summed E-state index contributed by atoms with van der Waals surface area (Å²) in [4.78, 5) is 8.43.